The SMILES string of the molecule is C/C=C\C(=C/C=NC)N(C)C. The second-order valence-corrected chi connectivity index (χ2v) is 2.39. The molecular weight excluding hydrogens is 136 g/mol. The maximum atomic E-state index is 3.88. The molecule has 0 aromatic heterocycles. The van der Waals surface area contributed by atoms with E-state index in [0.717, 1.165) is 5.70 Å². The van der Waals surface area contributed by atoms with Crippen LogP contribution in [0.2, 0.25) is 0 Å². The zero-order valence-corrected chi connectivity index (χ0v) is 7.70. The van der Waals surface area contributed by atoms with Gasteiger partial charge in [-0.25, -0.2) is 0 Å². The molecule has 0 heterocycles. The maximum Gasteiger partial charge on any atom is 0.0372 e. The highest BCUT2D eigenvalue weighted by atomic mass is 15.1. The average Bonchev–Trinajstić information content (AvgIpc) is 1.97. The summed E-state index contributed by atoms with van der Waals surface area (Å²) in [6, 6.07) is 0. The Morgan fingerprint density at radius 1 is 1.36 bits per heavy atom. The second-order valence-electron chi connectivity index (χ2n) is 2.39. The van der Waals surface area contributed by atoms with E-state index in [0.29, 0.717) is 0 Å². The van der Waals surface area contributed by atoms with Crippen molar-refractivity contribution in [3.05, 3.63) is 23.9 Å². The highest BCUT2D eigenvalue weighted by Crippen LogP contribution is 1.98. The lowest BCUT2D eigenvalue weighted by Gasteiger charge is -2.12. The van der Waals surface area contributed by atoms with Crippen molar-refractivity contribution in [2.75, 3.05) is 21.1 Å². The average molecular weight is 152 g/mol. The number of rotatable bonds is 3. The van der Waals surface area contributed by atoms with E-state index in [1.165, 1.54) is 0 Å². The van der Waals surface area contributed by atoms with Gasteiger partial charge < -0.3 is 4.90 Å². The zero-order chi connectivity index (χ0) is 8.69. The molecule has 2 nitrogen and oxygen atoms in total. The predicted molar refractivity (Wildman–Crippen MR) is 51.0 cm³/mol. The Labute approximate surface area is 68.9 Å². The minimum Gasteiger partial charge on any atom is -0.378 e. The highest BCUT2D eigenvalue weighted by molar-refractivity contribution is 5.72. The van der Waals surface area contributed by atoms with Crippen LogP contribution in [0.25, 0.3) is 0 Å². The van der Waals surface area contributed by atoms with E-state index in [1.54, 1.807) is 13.3 Å². The van der Waals surface area contributed by atoms with Gasteiger partial charge in [0.05, 0.1) is 0 Å². The summed E-state index contributed by atoms with van der Waals surface area (Å²) in [6.07, 6.45) is 7.81. The van der Waals surface area contributed by atoms with Gasteiger partial charge in [-0.1, -0.05) is 6.08 Å². The zero-order valence-electron chi connectivity index (χ0n) is 7.70. The van der Waals surface area contributed by atoms with Crippen molar-refractivity contribution in [3.63, 3.8) is 0 Å². The van der Waals surface area contributed by atoms with Crippen LogP contribution in [0.3, 0.4) is 0 Å². The largest absolute Gasteiger partial charge is 0.378 e. The Hall–Kier alpha value is -1.05. The van der Waals surface area contributed by atoms with Gasteiger partial charge in [0.15, 0.2) is 0 Å². The number of allylic oxidation sites excluding steroid dienone is 3. The van der Waals surface area contributed by atoms with Crippen LogP contribution in [0.5, 0.6) is 0 Å². The first kappa shape index (κ1) is 9.95. The van der Waals surface area contributed by atoms with E-state index in [4.69, 9.17) is 0 Å². The lowest BCUT2D eigenvalue weighted by Crippen LogP contribution is -2.09. The summed E-state index contributed by atoms with van der Waals surface area (Å²) in [5, 5.41) is 0. The third-order valence-electron chi connectivity index (χ3n) is 1.25. The van der Waals surface area contributed by atoms with Gasteiger partial charge in [-0.3, -0.25) is 4.99 Å². The number of nitrogens with zero attached hydrogens (tertiary/aromatic N) is 2. The summed E-state index contributed by atoms with van der Waals surface area (Å²) < 4.78 is 0. The van der Waals surface area contributed by atoms with Gasteiger partial charge >= 0.3 is 0 Å². The normalized spacial score (nSPS) is 13.3. The quantitative estimate of drug-likeness (QED) is 0.444. The highest BCUT2D eigenvalue weighted by Gasteiger charge is 1.89. The molecule has 0 fully saturated rings. The monoisotopic (exact) mass is 152 g/mol. The molecule has 0 unspecified atom stereocenters. The fourth-order valence-corrected chi connectivity index (χ4v) is 0.675. The van der Waals surface area contributed by atoms with Crippen LogP contribution in [-0.4, -0.2) is 32.3 Å². The Balaban J connectivity index is 4.32. The van der Waals surface area contributed by atoms with Gasteiger partial charge in [0.25, 0.3) is 0 Å². The molecule has 0 aliphatic rings. The van der Waals surface area contributed by atoms with Crippen molar-refractivity contribution in [3.8, 4) is 0 Å². The lowest BCUT2D eigenvalue weighted by atomic mass is 10.3. The molecule has 0 rings (SSSR count). The van der Waals surface area contributed by atoms with E-state index < -0.39 is 0 Å². The van der Waals surface area contributed by atoms with Gasteiger partial charge in [0.1, 0.15) is 0 Å². The minimum absolute atomic E-state index is 1.15. The van der Waals surface area contributed by atoms with Crippen LogP contribution in [0, 0.1) is 0 Å². The molecule has 0 N–H and O–H groups in total. The second kappa shape index (κ2) is 5.71. The molecule has 0 aliphatic heterocycles. The van der Waals surface area contributed by atoms with Crippen LogP contribution in [0.4, 0.5) is 0 Å². The minimum atomic E-state index is 1.15. The molecule has 0 atom stereocenters. The predicted octanol–water partition coefficient (Wildman–Crippen LogP) is 1.71. The van der Waals surface area contributed by atoms with E-state index in [-0.39, 0.29) is 0 Å². The topological polar surface area (TPSA) is 15.6 Å². The van der Waals surface area contributed by atoms with E-state index in [1.807, 2.05) is 44.1 Å². The Bertz CT molecular complexity index is 176. The van der Waals surface area contributed by atoms with Crippen molar-refractivity contribution < 1.29 is 0 Å². The number of hydrogen-bond acceptors (Lipinski definition) is 2. The van der Waals surface area contributed by atoms with Crippen LogP contribution in [-0.2, 0) is 0 Å². The summed E-state index contributed by atoms with van der Waals surface area (Å²) in [5.74, 6) is 0. The Kier molecular flexibility index (Phi) is 5.17. The fraction of sp³-hybridized carbons (Fsp3) is 0.444. The number of likely N-dealkylation sites (N-methyl/N-ethyl adjacent to an activating group) is 1. The summed E-state index contributed by atoms with van der Waals surface area (Å²) in [7, 11) is 5.78. The first-order chi connectivity index (χ1) is 5.22. The van der Waals surface area contributed by atoms with Crippen LogP contribution >= 0.6 is 0 Å². The van der Waals surface area contributed by atoms with Crippen molar-refractivity contribution in [1.29, 1.82) is 0 Å². The fourth-order valence-electron chi connectivity index (χ4n) is 0.675. The van der Waals surface area contributed by atoms with Crippen molar-refractivity contribution in [2.45, 2.75) is 6.92 Å². The van der Waals surface area contributed by atoms with Crippen molar-refractivity contribution >= 4 is 6.21 Å². The van der Waals surface area contributed by atoms with Gasteiger partial charge in [-0.2, -0.15) is 0 Å². The van der Waals surface area contributed by atoms with Crippen LogP contribution < -0.4 is 0 Å². The molecule has 0 spiro atoms. The first-order valence-electron chi connectivity index (χ1n) is 3.64. The van der Waals surface area contributed by atoms with Gasteiger partial charge in [0.2, 0.25) is 0 Å². The molecule has 11 heavy (non-hydrogen) atoms. The molecule has 0 aromatic carbocycles. The smallest absolute Gasteiger partial charge is 0.0372 e. The summed E-state index contributed by atoms with van der Waals surface area (Å²) >= 11 is 0. The van der Waals surface area contributed by atoms with Crippen molar-refractivity contribution in [2.24, 2.45) is 4.99 Å². The third kappa shape index (κ3) is 4.37. The van der Waals surface area contributed by atoms with E-state index in [9.17, 15) is 0 Å². The first-order valence-corrected chi connectivity index (χ1v) is 3.64. The standard InChI is InChI=1S/C9H16N2/c1-5-6-9(11(3)4)7-8-10-2/h5-8H,1-4H3/b6-5-,9-7+,10-8?. The Morgan fingerprint density at radius 2 is 2.00 bits per heavy atom. The summed E-state index contributed by atoms with van der Waals surface area (Å²) in [6.45, 7) is 2.00. The van der Waals surface area contributed by atoms with Gasteiger partial charge in [-0.15, -0.1) is 0 Å². The lowest BCUT2D eigenvalue weighted by molar-refractivity contribution is 0.531. The van der Waals surface area contributed by atoms with Crippen molar-refractivity contribution in [1.82, 2.24) is 4.90 Å². The number of hydrogen-bond donors (Lipinski definition) is 0. The van der Waals surface area contributed by atoms with Gasteiger partial charge in [-0.05, 0) is 19.1 Å². The molecule has 0 bridgehead atoms. The molecule has 2 heteroatoms. The molecule has 0 radical (unpaired) electrons. The Morgan fingerprint density at radius 3 is 2.36 bits per heavy atom. The molecular formula is C9H16N2. The van der Waals surface area contributed by atoms with Gasteiger partial charge in [0, 0.05) is 33.1 Å². The molecule has 0 aromatic rings. The van der Waals surface area contributed by atoms with Crippen LogP contribution in [0.15, 0.2) is 28.9 Å². The van der Waals surface area contributed by atoms with E-state index in [2.05, 4.69) is 4.99 Å². The summed E-state index contributed by atoms with van der Waals surface area (Å²) in [5.41, 5.74) is 1.15. The number of aliphatic imine (C=N–C) groups is 1. The molecule has 0 amide bonds. The molecule has 0 saturated heterocycles. The van der Waals surface area contributed by atoms with E-state index >= 15 is 0 Å². The maximum absolute atomic E-state index is 3.88. The molecule has 62 valence electrons. The molecule has 0 saturated carbocycles. The molecule has 0 aliphatic carbocycles. The van der Waals surface area contributed by atoms with Crippen LogP contribution in [0.1, 0.15) is 6.92 Å². The third-order valence-corrected chi connectivity index (χ3v) is 1.25. The summed E-state index contributed by atoms with van der Waals surface area (Å²) in [4.78, 5) is 5.92.